The molecule has 1 saturated heterocycles. The third kappa shape index (κ3) is 2.36. The van der Waals surface area contributed by atoms with Gasteiger partial charge in [0.05, 0.1) is 19.1 Å². The molecule has 0 saturated carbocycles. The van der Waals surface area contributed by atoms with E-state index in [-0.39, 0.29) is 5.91 Å². The van der Waals surface area contributed by atoms with Gasteiger partial charge in [-0.2, -0.15) is 0 Å². The minimum Gasteiger partial charge on any atom is -0.469 e. The highest BCUT2D eigenvalue weighted by Gasteiger charge is 2.42. The number of ether oxygens (including phenoxy) is 1. The van der Waals surface area contributed by atoms with Crippen molar-refractivity contribution in [3.63, 3.8) is 0 Å². The Kier molecular flexibility index (Phi) is 3.62. The summed E-state index contributed by atoms with van der Waals surface area (Å²) in [6.07, 6.45) is 0. The Hall–Kier alpha value is -1.88. The number of nitrogens with two attached hydrogens (primary N) is 1. The fraction of sp³-hybridized carbons (Fsp3) is 0.385. The van der Waals surface area contributed by atoms with Crippen molar-refractivity contribution < 1.29 is 14.3 Å². The first-order valence-electron chi connectivity index (χ1n) is 5.79. The van der Waals surface area contributed by atoms with E-state index in [0.717, 1.165) is 5.56 Å². The zero-order valence-corrected chi connectivity index (χ0v) is 10.2. The van der Waals surface area contributed by atoms with E-state index in [1.54, 1.807) is 4.90 Å². The molecule has 5 nitrogen and oxygen atoms in total. The molecule has 18 heavy (non-hydrogen) atoms. The van der Waals surface area contributed by atoms with Crippen LogP contribution in [-0.4, -0.2) is 36.5 Å². The topological polar surface area (TPSA) is 72.6 Å². The molecule has 0 bridgehead atoms. The molecule has 1 aromatic rings. The van der Waals surface area contributed by atoms with Crippen LogP contribution in [0.1, 0.15) is 5.56 Å². The summed E-state index contributed by atoms with van der Waals surface area (Å²) in [6, 6.07) is 8.81. The quantitative estimate of drug-likeness (QED) is 0.773. The van der Waals surface area contributed by atoms with Gasteiger partial charge in [-0.25, -0.2) is 0 Å². The lowest BCUT2D eigenvalue weighted by Gasteiger charge is -2.15. The van der Waals surface area contributed by atoms with E-state index in [4.69, 9.17) is 5.73 Å². The van der Waals surface area contributed by atoms with Crippen LogP contribution < -0.4 is 5.73 Å². The van der Waals surface area contributed by atoms with Crippen LogP contribution in [0.3, 0.4) is 0 Å². The van der Waals surface area contributed by atoms with Crippen molar-refractivity contribution in [2.45, 2.75) is 12.6 Å². The highest BCUT2D eigenvalue weighted by atomic mass is 16.5. The molecular formula is C13H16N2O3. The van der Waals surface area contributed by atoms with Crippen LogP contribution in [0.25, 0.3) is 0 Å². The largest absolute Gasteiger partial charge is 0.469 e. The third-order valence-electron chi connectivity index (χ3n) is 3.17. The minimum absolute atomic E-state index is 0.200. The van der Waals surface area contributed by atoms with Gasteiger partial charge in [0.1, 0.15) is 0 Å². The molecular weight excluding hydrogens is 232 g/mol. The molecule has 96 valence electrons. The molecule has 0 spiro atoms. The average Bonchev–Trinajstić information content (AvgIpc) is 2.67. The SMILES string of the molecule is COC(=O)C1CN(Cc2ccccc2)C(=O)C1N. The second kappa shape index (κ2) is 5.18. The van der Waals surface area contributed by atoms with Crippen molar-refractivity contribution >= 4 is 11.9 Å². The van der Waals surface area contributed by atoms with Gasteiger partial charge in [-0.1, -0.05) is 30.3 Å². The van der Waals surface area contributed by atoms with Gasteiger partial charge in [0.15, 0.2) is 0 Å². The van der Waals surface area contributed by atoms with Crippen LogP contribution in [0.2, 0.25) is 0 Å². The summed E-state index contributed by atoms with van der Waals surface area (Å²) in [6.45, 7) is 0.794. The van der Waals surface area contributed by atoms with Gasteiger partial charge in [-0.15, -0.1) is 0 Å². The molecule has 0 radical (unpaired) electrons. The van der Waals surface area contributed by atoms with E-state index < -0.39 is 17.9 Å². The van der Waals surface area contributed by atoms with E-state index in [2.05, 4.69) is 4.74 Å². The molecule has 2 N–H and O–H groups in total. The number of amides is 1. The Balaban J connectivity index is 2.07. The van der Waals surface area contributed by atoms with Gasteiger partial charge in [-0.3, -0.25) is 9.59 Å². The summed E-state index contributed by atoms with van der Waals surface area (Å²) in [4.78, 5) is 25.0. The highest BCUT2D eigenvalue weighted by molar-refractivity contribution is 5.91. The maximum Gasteiger partial charge on any atom is 0.312 e. The summed E-state index contributed by atoms with van der Waals surface area (Å²) in [5.41, 5.74) is 6.77. The second-order valence-corrected chi connectivity index (χ2v) is 4.36. The predicted octanol–water partition coefficient (Wildman–Crippen LogP) is 0.145. The van der Waals surface area contributed by atoms with Crippen molar-refractivity contribution in [2.75, 3.05) is 13.7 Å². The van der Waals surface area contributed by atoms with E-state index in [1.165, 1.54) is 7.11 Å². The molecule has 1 aliphatic rings. The van der Waals surface area contributed by atoms with Gasteiger partial charge >= 0.3 is 5.97 Å². The summed E-state index contributed by atoms with van der Waals surface area (Å²) < 4.78 is 4.65. The molecule has 5 heteroatoms. The molecule has 0 aromatic heterocycles. The van der Waals surface area contributed by atoms with Crippen LogP contribution in [-0.2, 0) is 20.9 Å². The van der Waals surface area contributed by atoms with E-state index in [1.807, 2.05) is 30.3 Å². The van der Waals surface area contributed by atoms with Gasteiger partial charge in [0.2, 0.25) is 5.91 Å². The van der Waals surface area contributed by atoms with Crippen LogP contribution in [0, 0.1) is 5.92 Å². The number of hydrogen-bond donors (Lipinski definition) is 1. The van der Waals surface area contributed by atoms with Crippen LogP contribution in [0.5, 0.6) is 0 Å². The molecule has 0 aliphatic carbocycles. The van der Waals surface area contributed by atoms with E-state index in [9.17, 15) is 9.59 Å². The number of esters is 1. The van der Waals surface area contributed by atoms with Crippen molar-refractivity contribution in [1.29, 1.82) is 0 Å². The van der Waals surface area contributed by atoms with Crippen molar-refractivity contribution in [1.82, 2.24) is 4.90 Å². The zero-order valence-electron chi connectivity index (χ0n) is 10.2. The molecule has 2 unspecified atom stereocenters. The van der Waals surface area contributed by atoms with Crippen molar-refractivity contribution in [3.05, 3.63) is 35.9 Å². The Bertz CT molecular complexity index is 447. The van der Waals surface area contributed by atoms with Gasteiger partial charge in [-0.05, 0) is 5.56 Å². The number of carbonyl (C=O) groups is 2. The molecule has 1 amide bonds. The van der Waals surface area contributed by atoms with Crippen molar-refractivity contribution in [3.8, 4) is 0 Å². The number of benzene rings is 1. The summed E-state index contributed by atoms with van der Waals surface area (Å²) in [5, 5.41) is 0. The van der Waals surface area contributed by atoms with Crippen LogP contribution >= 0.6 is 0 Å². The van der Waals surface area contributed by atoms with Crippen molar-refractivity contribution in [2.24, 2.45) is 11.7 Å². The highest BCUT2D eigenvalue weighted by Crippen LogP contribution is 2.20. The fourth-order valence-electron chi connectivity index (χ4n) is 2.14. The number of rotatable bonds is 3. The summed E-state index contributed by atoms with van der Waals surface area (Å²) >= 11 is 0. The fourth-order valence-corrected chi connectivity index (χ4v) is 2.14. The minimum atomic E-state index is -0.791. The predicted molar refractivity (Wildman–Crippen MR) is 65.3 cm³/mol. The molecule has 1 aliphatic heterocycles. The lowest BCUT2D eigenvalue weighted by Crippen LogP contribution is -2.38. The zero-order chi connectivity index (χ0) is 13.1. The average molecular weight is 248 g/mol. The second-order valence-electron chi connectivity index (χ2n) is 4.36. The molecule has 1 heterocycles. The molecule has 2 rings (SSSR count). The Morgan fingerprint density at radius 3 is 2.72 bits per heavy atom. The molecule has 2 atom stereocenters. The standard InChI is InChI=1S/C13H16N2O3/c1-18-13(17)10-8-15(12(16)11(10)14)7-9-5-3-2-4-6-9/h2-6,10-11H,7-8,14H2,1H3. The van der Waals surface area contributed by atoms with Gasteiger partial charge in [0.25, 0.3) is 0 Å². The number of methoxy groups -OCH3 is 1. The number of hydrogen-bond acceptors (Lipinski definition) is 4. The summed E-state index contributed by atoms with van der Waals surface area (Å²) in [7, 11) is 1.30. The lowest BCUT2D eigenvalue weighted by molar-refractivity contribution is -0.145. The first-order chi connectivity index (χ1) is 8.63. The third-order valence-corrected chi connectivity index (χ3v) is 3.17. The van der Waals surface area contributed by atoms with E-state index in [0.29, 0.717) is 13.1 Å². The maximum absolute atomic E-state index is 11.9. The van der Waals surface area contributed by atoms with Crippen LogP contribution in [0.15, 0.2) is 30.3 Å². The smallest absolute Gasteiger partial charge is 0.312 e. The Morgan fingerprint density at radius 1 is 1.44 bits per heavy atom. The normalized spacial score (nSPS) is 23.2. The number of carbonyl (C=O) groups excluding carboxylic acids is 2. The maximum atomic E-state index is 11.9. The molecule has 1 aromatic carbocycles. The Morgan fingerprint density at radius 2 is 2.11 bits per heavy atom. The van der Waals surface area contributed by atoms with Gasteiger partial charge in [0, 0.05) is 13.1 Å². The van der Waals surface area contributed by atoms with E-state index >= 15 is 0 Å². The first-order valence-corrected chi connectivity index (χ1v) is 5.79. The first kappa shape index (κ1) is 12.6. The number of nitrogens with zero attached hydrogens (tertiary/aromatic N) is 1. The summed E-state index contributed by atoms with van der Waals surface area (Å²) in [5.74, 6) is -1.19. The Labute approximate surface area is 106 Å². The lowest BCUT2D eigenvalue weighted by atomic mass is 10.1. The van der Waals surface area contributed by atoms with Gasteiger partial charge < -0.3 is 15.4 Å². The van der Waals surface area contributed by atoms with Crippen LogP contribution in [0.4, 0.5) is 0 Å². The molecule has 1 fully saturated rings. The number of likely N-dealkylation sites (tertiary alicyclic amines) is 1. The monoisotopic (exact) mass is 248 g/mol.